The molecule has 0 bridgehead atoms. The minimum Gasteiger partial charge on any atom is -0.394 e. The number of aliphatic hydroxyl groups excluding tert-OH is 2. The normalized spacial score (nSPS) is 11.9. The standard InChI is InChI=1S/C9H11N3O6/c13-5-7(14)4-10-6-1-2-8(11(15)16)9(3-6)12(17)18/h1-3,7,10,13-14H,4-5H2. The Kier molecular flexibility index (Phi) is 4.52. The Balaban J connectivity index is 2.93. The maximum atomic E-state index is 10.7. The maximum absolute atomic E-state index is 10.7. The van der Waals surface area contributed by atoms with Crippen molar-refractivity contribution in [3.63, 3.8) is 0 Å². The zero-order valence-corrected chi connectivity index (χ0v) is 9.15. The molecule has 1 rings (SSSR count). The molecule has 3 N–H and O–H groups in total. The Hall–Kier alpha value is -2.26. The molecule has 0 amide bonds. The van der Waals surface area contributed by atoms with Crippen molar-refractivity contribution in [1.82, 2.24) is 0 Å². The highest BCUT2D eigenvalue weighted by Gasteiger charge is 2.24. The molecule has 98 valence electrons. The summed E-state index contributed by atoms with van der Waals surface area (Å²) in [6.45, 7) is -0.479. The summed E-state index contributed by atoms with van der Waals surface area (Å²) in [5.41, 5.74) is -0.989. The molecule has 0 saturated carbocycles. The van der Waals surface area contributed by atoms with Crippen molar-refractivity contribution in [3.05, 3.63) is 38.4 Å². The fourth-order valence-electron chi connectivity index (χ4n) is 1.23. The number of nitro benzene ring substituents is 2. The number of nitrogens with one attached hydrogen (secondary N) is 1. The van der Waals surface area contributed by atoms with Gasteiger partial charge in [-0.15, -0.1) is 0 Å². The van der Waals surface area contributed by atoms with Crippen LogP contribution in [0.3, 0.4) is 0 Å². The molecule has 0 aliphatic heterocycles. The van der Waals surface area contributed by atoms with Crippen LogP contribution in [0.15, 0.2) is 18.2 Å². The molecule has 1 atom stereocenters. The van der Waals surface area contributed by atoms with Crippen LogP contribution in [-0.2, 0) is 0 Å². The first-order valence-electron chi connectivity index (χ1n) is 4.91. The van der Waals surface area contributed by atoms with E-state index in [0.29, 0.717) is 0 Å². The van der Waals surface area contributed by atoms with E-state index in [-0.39, 0.29) is 12.2 Å². The third-order valence-corrected chi connectivity index (χ3v) is 2.12. The van der Waals surface area contributed by atoms with Gasteiger partial charge in [0.15, 0.2) is 0 Å². The summed E-state index contributed by atoms with van der Waals surface area (Å²) >= 11 is 0. The van der Waals surface area contributed by atoms with Gasteiger partial charge in [-0.05, 0) is 6.07 Å². The second-order valence-corrected chi connectivity index (χ2v) is 3.44. The van der Waals surface area contributed by atoms with Crippen LogP contribution < -0.4 is 5.32 Å². The van der Waals surface area contributed by atoms with Crippen LogP contribution in [0.25, 0.3) is 0 Å². The third-order valence-electron chi connectivity index (χ3n) is 2.12. The molecule has 0 saturated heterocycles. The van der Waals surface area contributed by atoms with E-state index < -0.39 is 33.9 Å². The van der Waals surface area contributed by atoms with E-state index in [1.54, 1.807) is 0 Å². The Morgan fingerprint density at radius 1 is 1.22 bits per heavy atom. The average molecular weight is 257 g/mol. The van der Waals surface area contributed by atoms with Crippen molar-refractivity contribution in [3.8, 4) is 0 Å². The fraction of sp³-hybridized carbons (Fsp3) is 0.333. The SMILES string of the molecule is O=[N+]([O-])c1ccc(NCC(O)CO)cc1[N+](=O)[O-]. The second kappa shape index (κ2) is 5.89. The van der Waals surface area contributed by atoms with Gasteiger partial charge in [-0.2, -0.15) is 0 Å². The van der Waals surface area contributed by atoms with Gasteiger partial charge >= 0.3 is 11.4 Å². The van der Waals surface area contributed by atoms with Crippen molar-refractivity contribution in [1.29, 1.82) is 0 Å². The van der Waals surface area contributed by atoms with Gasteiger partial charge in [0.25, 0.3) is 0 Å². The third kappa shape index (κ3) is 3.37. The van der Waals surface area contributed by atoms with E-state index in [1.807, 2.05) is 0 Å². The number of nitrogens with zero attached hydrogens (tertiary/aromatic N) is 2. The Bertz CT molecular complexity index is 464. The summed E-state index contributed by atoms with van der Waals surface area (Å²) in [7, 11) is 0. The van der Waals surface area contributed by atoms with Gasteiger partial charge in [0.1, 0.15) is 0 Å². The molecule has 1 aromatic carbocycles. The summed E-state index contributed by atoms with van der Waals surface area (Å²) in [6, 6.07) is 3.29. The number of hydrogen-bond acceptors (Lipinski definition) is 7. The lowest BCUT2D eigenvalue weighted by atomic mass is 10.2. The second-order valence-electron chi connectivity index (χ2n) is 3.44. The molecule has 0 fully saturated rings. The molecule has 0 heterocycles. The van der Waals surface area contributed by atoms with E-state index >= 15 is 0 Å². The van der Waals surface area contributed by atoms with Crippen LogP contribution in [0, 0.1) is 20.2 Å². The minimum absolute atomic E-state index is 0.0224. The van der Waals surface area contributed by atoms with Gasteiger partial charge in [-0.25, -0.2) is 0 Å². The topological polar surface area (TPSA) is 139 Å². The zero-order valence-electron chi connectivity index (χ0n) is 9.15. The smallest absolute Gasteiger partial charge is 0.348 e. The summed E-state index contributed by atoms with van der Waals surface area (Å²) in [6.07, 6.45) is -1.01. The molecule has 0 aliphatic carbocycles. The van der Waals surface area contributed by atoms with Crippen molar-refractivity contribution in [2.75, 3.05) is 18.5 Å². The predicted molar refractivity (Wildman–Crippen MR) is 61.3 cm³/mol. The highest BCUT2D eigenvalue weighted by Crippen LogP contribution is 2.29. The van der Waals surface area contributed by atoms with E-state index in [9.17, 15) is 20.2 Å². The first-order valence-corrected chi connectivity index (χ1v) is 4.91. The number of rotatable bonds is 6. The van der Waals surface area contributed by atoms with Gasteiger partial charge in [0.2, 0.25) is 0 Å². The molecular formula is C9H11N3O6. The van der Waals surface area contributed by atoms with Crippen molar-refractivity contribution in [2.45, 2.75) is 6.10 Å². The molecule has 18 heavy (non-hydrogen) atoms. The van der Waals surface area contributed by atoms with Crippen LogP contribution in [0.1, 0.15) is 0 Å². The predicted octanol–water partition coefficient (Wildman–Crippen LogP) is 0.268. The molecule has 9 nitrogen and oxygen atoms in total. The Morgan fingerprint density at radius 3 is 2.33 bits per heavy atom. The van der Waals surface area contributed by atoms with Gasteiger partial charge in [0.05, 0.1) is 22.6 Å². The number of anilines is 1. The molecule has 9 heteroatoms. The summed E-state index contributed by atoms with van der Waals surface area (Å²) in [5, 5.41) is 41.5. The van der Waals surface area contributed by atoms with E-state index in [1.165, 1.54) is 6.07 Å². The van der Waals surface area contributed by atoms with Gasteiger partial charge in [0, 0.05) is 24.4 Å². The highest BCUT2D eigenvalue weighted by molar-refractivity contribution is 5.62. The molecular weight excluding hydrogens is 246 g/mol. The van der Waals surface area contributed by atoms with Crippen molar-refractivity contribution < 1.29 is 20.1 Å². The summed E-state index contributed by atoms with van der Waals surface area (Å²) < 4.78 is 0. The van der Waals surface area contributed by atoms with Crippen LogP contribution in [0.4, 0.5) is 17.1 Å². The first-order chi connectivity index (χ1) is 8.45. The molecule has 0 radical (unpaired) electrons. The van der Waals surface area contributed by atoms with Crippen LogP contribution in [0.2, 0.25) is 0 Å². The molecule has 1 unspecified atom stereocenters. The van der Waals surface area contributed by atoms with E-state index in [0.717, 1.165) is 12.1 Å². The fourth-order valence-corrected chi connectivity index (χ4v) is 1.23. The van der Waals surface area contributed by atoms with Crippen LogP contribution >= 0.6 is 0 Å². The Labute approximate surface area is 101 Å². The van der Waals surface area contributed by atoms with E-state index in [4.69, 9.17) is 10.2 Å². The van der Waals surface area contributed by atoms with Crippen LogP contribution in [0.5, 0.6) is 0 Å². The average Bonchev–Trinajstić information content (AvgIpc) is 2.35. The zero-order chi connectivity index (χ0) is 13.7. The number of hydrogen-bond donors (Lipinski definition) is 3. The first kappa shape index (κ1) is 13.8. The summed E-state index contributed by atoms with van der Waals surface area (Å²) in [4.78, 5) is 19.5. The Morgan fingerprint density at radius 2 is 1.83 bits per heavy atom. The number of benzene rings is 1. The quantitative estimate of drug-likeness (QED) is 0.490. The number of nitro groups is 2. The summed E-state index contributed by atoms with van der Waals surface area (Å²) in [5.74, 6) is 0. The lowest BCUT2D eigenvalue weighted by molar-refractivity contribution is -0.422. The lowest BCUT2D eigenvalue weighted by Gasteiger charge is -2.09. The van der Waals surface area contributed by atoms with Crippen molar-refractivity contribution in [2.24, 2.45) is 0 Å². The van der Waals surface area contributed by atoms with Gasteiger partial charge < -0.3 is 15.5 Å². The molecule has 1 aromatic rings. The maximum Gasteiger partial charge on any atom is 0.348 e. The van der Waals surface area contributed by atoms with E-state index in [2.05, 4.69) is 5.32 Å². The number of aliphatic hydroxyl groups is 2. The molecule has 0 aliphatic rings. The molecule has 0 spiro atoms. The van der Waals surface area contributed by atoms with Gasteiger partial charge in [-0.1, -0.05) is 0 Å². The van der Waals surface area contributed by atoms with Gasteiger partial charge in [-0.3, -0.25) is 20.2 Å². The molecule has 0 aromatic heterocycles. The van der Waals surface area contributed by atoms with Crippen molar-refractivity contribution >= 4 is 17.1 Å². The lowest BCUT2D eigenvalue weighted by Crippen LogP contribution is -2.22. The largest absolute Gasteiger partial charge is 0.394 e. The minimum atomic E-state index is -1.01. The van der Waals surface area contributed by atoms with Crippen LogP contribution in [-0.4, -0.2) is 39.3 Å². The highest BCUT2D eigenvalue weighted by atomic mass is 16.6. The monoisotopic (exact) mass is 257 g/mol.